The van der Waals surface area contributed by atoms with Gasteiger partial charge >= 0.3 is 0 Å². The number of methoxy groups -OCH3 is 1. The first-order chi connectivity index (χ1) is 15.4. The summed E-state index contributed by atoms with van der Waals surface area (Å²) in [5, 5.41) is 10.2. The maximum atomic E-state index is 12.2. The van der Waals surface area contributed by atoms with Crippen molar-refractivity contribution in [3.05, 3.63) is 53.7 Å². The highest BCUT2D eigenvalue weighted by Gasteiger charge is 2.06. The molecule has 2 N–H and O–H groups in total. The maximum Gasteiger partial charge on any atom is 0.211 e. The number of H-pyrrole nitrogens is 1. The van der Waals surface area contributed by atoms with Crippen molar-refractivity contribution in [3.8, 4) is 5.75 Å². The highest BCUT2D eigenvalue weighted by molar-refractivity contribution is 5.88. The third-order valence-corrected chi connectivity index (χ3v) is 4.88. The van der Waals surface area contributed by atoms with Gasteiger partial charge in [-0.25, -0.2) is 8.78 Å². The van der Waals surface area contributed by atoms with Crippen LogP contribution in [0.1, 0.15) is 58.4 Å². The Bertz CT molecular complexity index is 888. The van der Waals surface area contributed by atoms with E-state index in [2.05, 4.69) is 22.4 Å². The predicted octanol–water partition coefficient (Wildman–Crippen LogP) is 7.03. The lowest BCUT2D eigenvalue weighted by atomic mass is 9.91. The molecule has 2 aromatic carbocycles. The van der Waals surface area contributed by atoms with Gasteiger partial charge in [0.05, 0.1) is 24.5 Å². The molecule has 0 saturated heterocycles. The van der Waals surface area contributed by atoms with Gasteiger partial charge < -0.3 is 10.1 Å². The number of amides is 1. The number of aryl methyl sites for hydroxylation is 1. The monoisotopic (exact) mass is 447 g/mol. The Morgan fingerprint density at radius 2 is 1.69 bits per heavy atom. The van der Waals surface area contributed by atoms with E-state index in [9.17, 15) is 13.6 Å². The van der Waals surface area contributed by atoms with Crippen molar-refractivity contribution in [2.45, 2.75) is 59.8 Å². The summed E-state index contributed by atoms with van der Waals surface area (Å²) in [6.45, 7) is 8.01. The number of hydrogen-bond acceptors (Lipinski definition) is 3. The zero-order valence-electron chi connectivity index (χ0n) is 19.7. The molecule has 1 aliphatic carbocycles. The Balaban J connectivity index is 0.000000246. The fourth-order valence-electron chi connectivity index (χ4n) is 3.32. The van der Waals surface area contributed by atoms with Crippen molar-refractivity contribution in [2.75, 3.05) is 12.4 Å². The van der Waals surface area contributed by atoms with Crippen molar-refractivity contribution in [1.82, 2.24) is 10.2 Å². The van der Waals surface area contributed by atoms with Crippen LogP contribution >= 0.6 is 0 Å². The van der Waals surface area contributed by atoms with Gasteiger partial charge in [-0.05, 0) is 36.6 Å². The summed E-state index contributed by atoms with van der Waals surface area (Å²) in [5.41, 5.74) is 2.11. The SMILES string of the molecule is CC.CC1CCCCC1.COc1cc2[nH]ncc2cc1NC=O.Cc1cc(F)cc(F)c1. The summed E-state index contributed by atoms with van der Waals surface area (Å²) in [4.78, 5) is 10.3. The predicted molar refractivity (Wildman–Crippen MR) is 127 cm³/mol. The molecule has 1 heterocycles. The van der Waals surface area contributed by atoms with Gasteiger partial charge in [-0.2, -0.15) is 5.10 Å². The lowest BCUT2D eigenvalue weighted by molar-refractivity contribution is -0.105. The standard InChI is InChI=1S/C9H9N3O2.C7H6F2.C7H14.C2H6/c1-14-9-3-7-6(4-11-12-7)2-8(9)10-5-13;1-5-2-6(8)4-7(9)3-5;1-7-5-3-2-4-6-7;1-2/h2-5H,1H3,(H,10,13)(H,11,12);2-4H,1H3;7H,2-6H2,1H3;1-2H3. The number of carbonyl (C=O) groups is 1. The van der Waals surface area contributed by atoms with E-state index in [0.717, 1.165) is 22.9 Å². The summed E-state index contributed by atoms with van der Waals surface area (Å²) >= 11 is 0. The molecule has 0 radical (unpaired) electrons. The van der Waals surface area contributed by atoms with E-state index in [4.69, 9.17) is 4.74 Å². The quantitative estimate of drug-likeness (QED) is 0.424. The Hall–Kier alpha value is -2.96. The van der Waals surface area contributed by atoms with Crippen LogP contribution in [0.3, 0.4) is 0 Å². The highest BCUT2D eigenvalue weighted by atomic mass is 19.1. The first-order valence-corrected chi connectivity index (χ1v) is 11.1. The van der Waals surface area contributed by atoms with E-state index >= 15 is 0 Å². The van der Waals surface area contributed by atoms with E-state index in [1.54, 1.807) is 32.4 Å². The van der Waals surface area contributed by atoms with Gasteiger partial charge in [0.25, 0.3) is 0 Å². The number of aromatic nitrogens is 2. The lowest BCUT2D eigenvalue weighted by Gasteiger charge is -2.15. The lowest BCUT2D eigenvalue weighted by Crippen LogP contribution is -1.99. The summed E-state index contributed by atoms with van der Waals surface area (Å²) in [7, 11) is 1.55. The molecule has 5 nitrogen and oxygen atoms in total. The van der Waals surface area contributed by atoms with E-state index in [0.29, 0.717) is 23.4 Å². The first-order valence-electron chi connectivity index (χ1n) is 11.1. The van der Waals surface area contributed by atoms with Crippen LogP contribution in [0.5, 0.6) is 5.75 Å². The second-order valence-electron chi connectivity index (χ2n) is 7.46. The van der Waals surface area contributed by atoms with Crippen molar-refractivity contribution in [1.29, 1.82) is 0 Å². The first kappa shape index (κ1) is 27.1. The number of ether oxygens (including phenoxy) is 1. The molecule has 1 saturated carbocycles. The normalized spacial score (nSPS) is 12.8. The second-order valence-corrected chi connectivity index (χ2v) is 7.46. The molecule has 0 aliphatic heterocycles. The van der Waals surface area contributed by atoms with Crippen LogP contribution in [0.4, 0.5) is 14.5 Å². The third-order valence-electron chi connectivity index (χ3n) is 4.88. The molecule has 7 heteroatoms. The van der Waals surface area contributed by atoms with Crippen molar-refractivity contribution in [2.24, 2.45) is 5.92 Å². The number of fused-ring (bicyclic) bond motifs is 1. The minimum atomic E-state index is -0.521. The Morgan fingerprint density at radius 1 is 1.06 bits per heavy atom. The molecule has 176 valence electrons. The van der Waals surface area contributed by atoms with Crippen LogP contribution in [0, 0.1) is 24.5 Å². The molecule has 1 amide bonds. The topological polar surface area (TPSA) is 67.0 Å². The molecule has 1 fully saturated rings. The number of rotatable bonds is 3. The van der Waals surface area contributed by atoms with Crippen molar-refractivity contribution >= 4 is 23.0 Å². The molecule has 0 spiro atoms. The summed E-state index contributed by atoms with van der Waals surface area (Å²) in [6, 6.07) is 7.00. The molecule has 1 aliphatic rings. The van der Waals surface area contributed by atoms with Gasteiger partial charge in [-0.3, -0.25) is 9.89 Å². The van der Waals surface area contributed by atoms with Gasteiger partial charge in [0, 0.05) is 17.5 Å². The van der Waals surface area contributed by atoms with Gasteiger partial charge in [-0.1, -0.05) is 52.9 Å². The molecule has 1 aromatic heterocycles. The third kappa shape index (κ3) is 9.45. The zero-order chi connectivity index (χ0) is 23.9. The van der Waals surface area contributed by atoms with Crippen LogP contribution < -0.4 is 10.1 Å². The number of nitrogens with zero attached hydrogens (tertiary/aromatic N) is 1. The van der Waals surface area contributed by atoms with Gasteiger partial charge in [0.2, 0.25) is 6.41 Å². The Kier molecular flexibility index (Phi) is 12.6. The van der Waals surface area contributed by atoms with Crippen molar-refractivity contribution < 1.29 is 18.3 Å². The number of benzene rings is 2. The van der Waals surface area contributed by atoms with Crippen molar-refractivity contribution in [3.63, 3.8) is 0 Å². The molecule has 0 bridgehead atoms. The second kappa shape index (κ2) is 14.9. The van der Waals surface area contributed by atoms with Gasteiger partial charge in [-0.15, -0.1) is 0 Å². The minimum Gasteiger partial charge on any atom is -0.494 e. The van der Waals surface area contributed by atoms with E-state index in [-0.39, 0.29) is 0 Å². The molecule has 3 aromatic rings. The average molecular weight is 448 g/mol. The molecule has 4 rings (SSSR count). The number of hydrogen-bond donors (Lipinski definition) is 2. The van der Waals surface area contributed by atoms with Crippen LogP contribution in [0.15, 0.2) is 36.5 Å². The number of nitrogens with one attached hydrogen (secondary N) is 2. The van der Waals surface area contributed by atoms with Crippen LogP contribution in [0.2, 0.25) is 0 Å². The summed E-state index contributed by atoms with van der Waals surface area (Å²) in [5.74, 6) is 0.600. The smallest absolute Gasteiger partial charge is 0.211 e. The molecule has 0 atom stereocenters. The average Bonchev–Trinajstić information content (AvgIpc) is 3.23. The van der Waals surface area contributed by atoms with Gasteiger partial charge in [0.1, 0.15) is 17.4 Å². The largest absolute Gasteiger partial charge is 0.494 e. The number of aromatic amines is 1. The number of anilines is 1. The summed E-state index contributed by atoms with van der Waals surface area (Å²) in [6.07, 6.45) is 9.74. The van der Waals surface area contributed by atoms with E-state index < -0.39 is 11.6 Å². The number of carbonyl (C=O) groups excluding carboxylic acids is 1. The molecular formula is C25H35F2N3O2. The number of halogens is 2. The van der Waals surface area contributed by atoms with Crippen LogP contribution in [-0.4, -0.2) is 23.7 Å². The maximum absolute atomic E-state index is 12.2. The zero-order valence-corrected chi connectivity index (χ0v) is 19.7. The van der Waals surface area contributed by atoms with Crippen LogP contribution in [0.25, 0.3) is 10.9 Å². The fraction of sp³-hybridized carbons (Fsp3) is 0.440. The Labute approximate surface area is 189 Å². The van der Waals surface area contributed by atoms with E-state index in [1.807, 2.05) is 13.8 Å². The molecular weight excluding hydrogens is 412 g/mol. The Morgan fingerprint density at radius 3 is 2.16 bits per heavy atom. The van der Waals surface area contributed by atoms with Gasteiger partial charge in [0.15, 0.2) is 0 Å². The highest BCUT2D eigenvalue weighted by Crippen LogP contribution is 2.28. The molecule has 0 unspecified atom stereocenters. The van der Waals surface area contributed by atoms with E-state index in [1.165, 1.54) is 44.2 Å². The van der Waals surface area contributed by atoms with Crippen LogP contribution in [-0.2, 0) is 4.79 Å². The fourth-order valence-corrected chi connectivity index (χ4v) is 3.32. The summed E-state index contributed by atoms with van der Waals surface area (Å²) < 4.78 is 29.5. The minimum absolute atomic E-state index is 0.521. The molecule has 32 heavy (non-hydrogen) atoms.